The fourth-order valence-corrected chi connectivity index (χ4v) is 1.81. The third-order valence-corrected chi connectivity index (χ3v) is 2.65. The minimum absolute atomic E-state index is 0.592. The van der Waals surface area contributed by atoms with Crippen molar-refractivity contribution in [3.05, 3.63) is 40.4 Å². The van der Waals surface area contributed by atoms with Crippen LogP contribution in [0.25, 0.3) is 12.2 Å². The first-order chi connectivity index (χ1) is 8.19. The second-order valence-corrected chi connectivity index (χ2v) is 4.18. The molecule has 1 heterocycles. The molecule has 0 atom stereocenters. The van der Waals surface area contributed by atoms with Crippen molar-refractivity contribution in [3.8, 4) is 5.75 Å². The van der Waals surface area contributed by atoms with E-state index in [-0.39, 0.29) is 0 Å². The predicted octanol–water partition coefficient (Wildman–Crippen LogP) is 2.76. The first kappa shape index (κ1) is 11.9. The highest BCUT2D eigenvalue weighted by Gasteiger charge is 2.00. The smallest absolute Gasteiger partial charge is 0.217 e. The van der Waals surface area contributed by atoms with Gasteiger partial charge in [0.1, 0.15) is 5.75 Å². The summed E-state index contributed by atoms with van der Waals surface area (Å²) in [5.74, 6) is 1.65. The molecule has 1 aromatic heterocycles. The van der Waals surface area contributed by atoms with E-state index in [1.54, 1.807) is 11.8 Å². The van der Waals surface area contributed by atoms with E-state index in [4.69, 9.17) is 4.74 Å². The van der Waals surface area contributed by atoms with Gasteiger partial charge in [-0.2, -0.15) is 0 Å². The molecule has 4 nitrogen and oxygen atoms in total. The second kappa shape index (κ2) is 5.14. The summed E-state index contributed by atoms with van der Waals surface area (Å²) >= 11 is 3.23. The van der Waals surface area contributed by atoms with Gasteiger partial charge in [-0.25, -0.2) is 9.67 Å². The van der Waals surface area contributed by atoms with Crippen molar-refractivity contribution in [1.29, 1.82) is 0 Å². The lowest BCUT2D eigenvalue weighted by Gasteiger charge is -1.98. The van der Waals surface area contributed by atoms with Crippen LogP contribution in [0.4, 0.5) is 0 Å². The summed E-state index contributed by atoms with van der Waals surface area (Å²) in [5.41, 5.74) is 1.09. The van der Waals surface area contributed by atoms with Gasteiger partial charge in [-0.05, 0) is 39.7 Å². The quantitative estimate of drug-likeness (QED) is 0.874. The van der Waals surface area contributed by atoms with Crippen molar-refractivity contribution in [2.45, 2.75) is 0 Å². The molecule has 0 aliphatic rings. The Morgan fingerprint density at radius 3 is 2.47 bits per heavy atom. The van der Waals surface area contributed by atoms with Crippen molar-refractivity contribution in [2.75, 3.05) is 7.11 Å². The van der Waals surface area contributed by atoms with Gasteiger partial charge < -0.3 is 4.74 Å². The SMILES string of the molecule is COc1ccc(/C=C/c2nc(Br)nn2C)cc1. The molecule has 0 spiro atoms. The molecule has 2 rings (SSSR count). The molecule has 0 aliphatic carbocycles. The zero-order valence-corrected chi connectivity index (χ0v) is 11.2. The Hall–Kier alpha value is -1.62. The second-order valence-electron chi connectivity index (χ2n) is 3.47. The number of halogens is 1. The monoisotopic (exact) mass is 293 g/mol. The summed E-state index contributed by atoms with van der Waals surface area (Å²) in [6.07, 6.45) is 3.90. The number of rotatable bonds is 3. The molecule has 1 aromatic carbocycles. The zero-order chi connectivity index (χ0) is 12.3. The number of ether oxygens (including phenoxy) is 1. The number of hydrogen-bond acceptors (Lipinski definition) is 3. The first-order valence-electron chi connectivity index (χ1n) is 5.08. The van der Waals surface area contributed by atoms with Gasteiger partial charge in [-0.15, -0.1) is 5.10 Å². The number of benzene rings is 1. The summed E-state index contributed by atoms with van der Waals surface area (Å²) in [6.45, 7) is 0. The molecule has 0 saturated heterocycles. The predicted molar refractivity (Wildman–Crippen MR) is 70.6 cm³/mol. The fraction of sp³-hybridized carbons (Fsp3) is 0.167. The molecule has 17 heavy (non-hydrogen) atoms. The summed E-state index contributed by atoms with van der Waals surface area (Å²) < 4.78 is 7.40. The van der Waals surface area contributed by atoms with E-state index in [1.165, 1.54) is 0 Å². The summed E-state index contributed by atoms with van der Waals surface area (Å²) in [4.78, 5) is 4.22. The van der Waals surface area contributed by atoms with Gasteiger partial charge in [-0.3, -0.25) is 0 Å². The van der Waals surface area contributed by atoms with Crippen molar-refractivity contribution in [3.63, 3.8) is 0 Å². The van der Waals surface area contributed by atoms with E-state index >= 15 is 0 Å². The Morgan fingerprint density at radius 1 is 1.24 bits per heavy atom. The molecule has 0 amide bonds. The van der Waals surface area contributed by atoms with Crippen molar-refractivity contribution >= 4 is 28.1 Å². The van der Waals surface area contributed by atoms with Crippen LogP contribution >= 0.6 is 15.9 Å². The minimum atomic E-state index is 0.592. The lowest BCUT2D eigenvalue weighted by molar-refractivity contribution is 0.415. The molecule has 88 valence electrons. The highest BCUT2D eigenvalue weighted by molar-refractivity contribution is 9.10. The fourth-order valence-electron chi connectivity index (χ4n) is 1.40. The van der Waals surface area contributed by atoms with Crippen LogP contribution in [0.5, 0.6) is 5.75 Å². The zero-order valence-electron chi connectivity index (χ0n) is 9.59. The van der Waals surface area contributed by atoms with Gasteiger partial charge in [-0.1, -0.05) is 18.2 Å². The van der Waals surface area contributed by atoms with Crippen molar-refractivity contribution < 1.29 is 4.74 Å². The van der Waals surface area contributed by atoms with Crippen molar-refractivity contribution in [2.24, 2.45) is 7.05 Å². The van der Waals surface area contributed by atoms with Crippen LogP contribution in [-0.2, 0) is 7.05 Å². The molecule has 2 aromatic rings. The van der Waals surface area contributed by atoms with Crippen LogP contribution in [0, 0.1) is 0 Å². The van der Waals surface area contributed by atoms with Gasteiger partial charge in [0.25, 0.3) is 0 Å². The topological polar surface area (TPSA) is 39.9 Å². The van der Waals surface area contributed by atoms with E-state index in [2.05, 4.69) is 26.0 Å². The Morgan fingerprint density at radius 2 is 1.94 bits per heavy atom. The third kappa shape index (κ3) is 2.94. The largest absolute Gasteiger partial charge is 0.497 e. The molecule has 0 saturated carbocycles. The van der Waals surface area contributed by atoms with Gasteiger partial charge >= 0.3 is 0 Å². The lowest BCUT2D eigenvalue weighted by Crippen LogP contribution is -1.92. The Balaban J connectivity index is 2.17. The van der Waals surface area contributed by atoms with Gasteiger partial charge in [0.2, 0.25) is 4.73 Å². The standard InChI is InChI=1S/C12H12BrN3O/c1-16-11(14-12(13)15-16)8-5-9-3-6-10(17-2)7-4-9/h3-8H,1-2H3/b8-5+. The normalized spacial score (nSPS) is 11.0. The summed E-state index contributed by atoms with van der Waals surface area (Å²) in [5, 5.41) is 4.10. The van der Waals surface area contributed by atoms with Crippen LogP contribution < -0.4 is 4.74 Å². The Bertz CT molecular complexity index is 531. The minimum Gasteiger partial charge on any atom is -0.497 e. The highest BCUT2D eigenvalue weighted by atomic mass is 79.9. The number of aryl methyl sites for hydroxylation is 1. The Kier molecular flexibility index (Phi) is 3.58. The molecule has 0 N–H and O–H groups in total. The maximum atomic E-state index is 5.10. The average Bonchev–Trinajstić information content (AvgIpc) is 2.66. The molecular weight excluding hydrogens is 282 g/mol. The van der Waals surface area contributed by atoms with E-state index < -0.39 is 0 Å². The van der Waals surface area contributed by atoms with E-state index in [0.717, 1.165) is 17.1 Å². The number of aromatic nitrogens is 3. The summed E-state index contributed by atoms with van der Waals surface area (Å²) in [7, 11) is 3.51. The number of nitrogens with zero attached hydrogens (tertiary/aromatic N) is 3. The van der Waals surface area contributed by atoms with E-state index in [0.29, 0.717) is 4.73 Å². The molecule has 0 radical (unpaired) electrons. The highest BCUT2D eigenvalue weighted by Crippen LogP contribution is 2.13. The van der Waals surface area contributed by atoms with Crippen molar-refractivity contribution in [1.82, 2.24) is 14.8 Å². The first-order valence-corrected chi connectivity index (χ1v) is 5.87. The third-order valence-electron chi connectivity index (χ3n) is 2.31. The molecule has 5 heteroatoms. The molecule has 0 aliphatic heterocycles. The van der Waals surface area contributed by atoms with Gasteiger partial charge in [0, 0.05) is 7.05 Å². The van der Waals surface area contributed by atoms with Crippen LogP contribution in [0.3, 0.4) is 0 Å². The van der Waals surface area contributed by atoms with E-state index in [1.807, 2.05) is 43.5 Å². The number of hydrogen-bond donors (Lipinski definition) is 0. The van der Waals surface area contributed by atoms with Crippen LogP contribution in [-0.4, -0.2) is 21.9 Å². The maximum absolute atomic E-state index is 5.10. The summed E-state index contributed by atoms with van der Waals surface area (Å²) in [6, 6.07) is 7.82. The molecule has 0 fully saturated rings. The maximum Gasteiger partial charge on any atom is 0.217 e. The lowest BCUT2D eigenvalue weighted by atomic mass is 10.2. The molecule has 0 bridgehead atoms. The average molecular weight is 294 g/mol. The molecular formula is C12H12BrN3O. The van der Waals surface area contributed by atoms with Crippen LogP contribution in [0.2, 0.25) is 0 Å². The van der Waals surface area contributed by atoms with Crippen LogP contribution in [0.1, 0.15) is 11.4 Å². The van der Waals surface area contributed by atoms with Crippen LogP contribution in [0.15, 0.2) is 29.0 Å². The van der Waals surface area contributed by atoms with Gasteiger partial charge in [0.15, 0.2) is 5.82 Å². The Labute approximate surface area is 108 Å². The van der Waals surface area contributed by atoms with E-state index in [9.17, 15) is 0 Å². The molecule has 0 unspecified atom stereocenters. The van der Waals surface area contributed by atoms with Gasteiger partial charge in [0.05, 0.1) is 7.11 Å². The number of methoxy groups -OCH3 is 1.